The van der Waals surface area contributed by atoms with Gasteiger partial charge in [0.25, 0.3) is 0 Å². The van der Waals surface area contributed by atoms with E-state index in [4.69, 9.17) is 0 Å². The fourth-order valence-electron chi connectivity index (χ4n) is 2.72. The van der Waals surface area contributed by atoms with Crippen LogP contribution < -0.4 is 0 Å². The van der Waals surface area contributed by atoms with Crippen molar-refractivity contribution in [3.8, 4) is 11.3 Å². The van der Waals surface area contributed by atoms with Gasteiger partial charge < -0.3 is 0 Å². The highest BCUT2D eigenvalue weighted by Crippen LogP contribution is 2.34. The van der Waals surface area contributed by atoms with E-state index in [0.717, 1.165) is 11.6 Å². The Kier molecular flexibility index (Phi) is 2.91. The second kappa shape index (κ2) is 4.70. The van der Waals surface area contributed by atoms with Crippen LogP contribution in [0.15, 0.2) is 48.7 Å². The van der Waals surface area contributed by atoms with Crippen molar-refractivity contribution in [1.29, 1.82) is 0 Å². The predicted molar refractivity (Wildman–Crippen MR) is 70.9 cm³/mol. The zero-order chi connectivity index (χ0) is 11.5. The molecule has 86 valence electrons. The number of nitrogens with zero attached hydrogens (tertiary/aromatic N) is 1. The van der Waals surface area contributed by atoms with E-state index in [9.17, 15) is 0 Å². The van der Waals surface area contributed by atoms with Crippen LogP contribution in [0.4, 0.5) is 0 Å². The molecule has 1 aliphatic carbocycles. The second-order valence-electron chi connectivity index (χ2n) is 4.82. The minimum Gasteiger partial charge on any atom is -0.256 e. The van der Waals surface area contributed by atoms with Crippen molar-refractivity contribution in [1.82, 2.24) is 4.98 Å². The molecule has 1 heteroatoms. The summed E-state index contributed by atoms with van der Waals surface area (Å²) in [5.74, 6) is 0.799. The highest BCUT2D eigenvalue weighted by Gasteiger charge is 2.16. The summed E-state index contributed by atoms with van der Waals surface area (Å²) >= 11 is 0. The van der Waals surface area contributed by atoms with Crippen molar-refractivity contribution in [2.24, 2.45) is 0 Å². The summed E-state index contributed by atoms with van der Waals surface area (Å²) in [6.45, 7) is 0. The maximum atomic E-state index is 4.38. The standard InChI is InChI=1S/C16H17N/c1-2-6-13(5-1)14-8-10-15(11-9-14)16-7-3-4-12-17-16/h3-4,7-13H,1-2,5-6H2. The lowest BCUT2D eigenvalue weighted by atomic mass is 9.96. The molecule has 0 amide bonds. The first-order chi connectivity index (χ1) is 8.43. The fraction of sp³-hybridized carbons (Fsp3) is 0.312. The number of pyridine rings is 1. The van der Waals surface area contributed by atoms with Crippen molar-refractivity contribution in [3.05, 3.63) is 54.2 Å². The van der Waals surface area contributed by atoms with Gasteiger partial charge in [-0.25, -0.2) is 0 Å². The Morgan fingerprint density at radius 2 is 1.65 bits per heavy atom. The quantitative estimate of drug-likeness (QED) is 0.735. The zero-order valence-electron chi connectivity index (χ0n) is 9.97. The minimum atomic E-state index is 0.799. The Hall–Kier alpha value is -1.63. The summed E-state index contributed by atoms with van der Waals surface area (Å²) in [5, 5.41) is 0. The van der Waals surface area contributed by atoms with Crippen LogP contribution in [0.25, 0.3) is 11.3 Å². The molecule has 17 heavy (non-hydrogen) atoms. The zero-order valence-corrected chi connectivity index (χ0v) is 9.97. The highest BCUT2D eigenvalue weighted by atomic mass is 14.7. The Bertz CT molecular complexity index is 467. The van der Waals surface area contributed by atoms with Crippen molar-refractivity contribution in [3.63, 3.8) is 0 Å². The molecule has 1 heterocycles. The molecule has 1 aromatic carbocycles. The van der Waals surface area contributed by atoms with Gasteiger partial charge in [-0.2, -0.15) is 0 Å². The molecular weight excluding hydrogens is 206 g/mol. The summed E-state index contributed by atoms with van der Waals surface area (Å²) in [7, 11) is 0. The Balaban J connectivity index is 1.85. The molecule has 1 aliphatic rings. The maximum absolute atomic E-state index is 4.38. The molecule has 1 fully saturated rings. The van der Waals surface area contributed by atoms with Gasteiger partial charge >= 0.3 is 0 Å². The van der Waals surface area contributed by atoms with Gasteiger partial charge in [0, 0.05) is 11.8 Å². The van der Waals surface area contributed by atoms with Crippen LogP contribution in [0.2, 0.25) is 0 Å². The van der Waals surface area contributed by atoms with E-state index >= 15 is 0 Å². The van der Waals surface area contributed by atoms with Crippen LogP contribution in [0, 0.1) is 0 Å². The molecule has 0 radical (unpaired) electrons. The summed E-state index contributed by atoms with van der Waals surface area (Å²) < 4.78 is 0. The predicted octanol–water partition coefficient (Wildman–Crippen LogP) is 4.41. The van der Waals surface area contributed by atoms with E-state index in [1.165, 1.54) is 36.8 Å². The number of rotatable bonds is 2. The molecule has 1 saturated carbocycles. The first-order valence-corrected chi connectivity index (χ1v) is 6.45. The third kappa shape index (κ3) is 2.23. The third-order valence-corrected chi connectivity index (χ3v) is 3.70. The van der Waals surface area contributed by atoms with Crippen LogP contribution in [0.1, 0.15) is 37.2 Å². The van der Waals surface area contributed by atoms with E-state index in [1.807, 2.05) is 18.3 Å². The molecule has 0 atom stereocenters. The summed E-state index contributed by atoms with van der Waals surface area (Å²) in [6.07, 6.45) is 7.37. The molecule has 1 nitrogen and oxygen atoms in total. The summed E-state index contributed by atoms with van der Waals surface area (Å²) in [4.78, 5) is 4.38. The molecule has 0 N–H and O–H groups in total. The molecule has 0 saturated heterocycles. The number of hydrogen-bond donors (Lipinski definition) is 0. The maximum Gasteiger partial charge on any atom is 0.0701 e. The lowest BCUT2D eigenvalue weighted by Gasteiger charge is -2.09. The average molecular weight is 223 g/mol. The second-order valence-corrected chi connectivity index (χ2v) is 4.82. The Morgan fingerprint density at radius 3 is 2.29 bits per heavy atom. The molecule has 3 rings (SSSR count). The topological polar surface area (TPSA) is 12.9 Å². The van der Waals surface area contributed by atoms with Gasteiger partial charge in [0.05, 0.1) is 5.69 Å². The summed E-state index contributed by atoms with van der Waals surface area (Å²) in [6, 6.07) is 15.0. The molecular formula is C16H17N. The van der Waals surface area contributed by atoms with Crippen molar-refractivity contribution >= 4 is 0 Å². The van der Waals surface area contributed by atoms with E-state index in [-0.39, 0.29) is 0 Å². The molecule has 0 spiro atoms. The van der Waals surface area contributed by atoms with Gasteiger partial charge in [0.2, 0.25) is 0 Å². The minimum absolute atomic E-state index is 0.799. The fourth-order valence-corrected chi connectivity index (χ4v) is 2.72. The number of hydrogen-bond acceptors (Lipinski definition) is 1. The summed E-state index contributed by atoms with van der Waals surface area (Å²) in [5.41, 5.74) is 3.78. The van der Waals surface area contributed by atoms with Crippen LogP contribution in [-0.4, -0.2) is 4.98 Å². The van der Waals surface area contributed by atoms with E-state index in [0.29, 0.717) is 0 Å². The van der Waals surface area contributed by atoms with Crippen LogP contribution in [0.3, 0.4) is 0 Å². The lowest BCUT2D eigenvalue weighted by molar-refractivity contribution is 0.723. The SMILES string of the molecule is c1ccc(-c2ccc(C3CCCC3)cc2)nc1. The highest BCUT2D eigenvalue weighted by molar-refractivity contribution is 5.59. The lowest BCUT2D eigenvalue weighted by Crippen LogP contribution is -1.91. The van der Waals surface area contributed by atoms with Gasteiger partial charge in [0.15, 0.2) is 0 Å². The van der Waals surface area contributed by atoms with Crippen molar-refractivity contribution in [2.45, 2.75) is 31.6 Å². The van der Waals surface area contributed by atoms with Crippen LogP contribution >= 0.6 is 0 Å². The largest absolute Gasteiger partial charge is 0.256 e. The molecule has 0 unspecified atom stereocenters. The van der Waals surface area contributed by atoms with Crippen molar-refractivity contribution in [2.75, 3.05) is 0 Å². The van der Waals surface area contributed by atoms with Gasteiger partial charge in [0.1, 0.15) is 0 Å². The van der Waals surface area contributed by atoms with E-state index < -0.39 is 0 Å². The average Bonchev–Trinajstić information content (AvgIpc) is 2.94. The van der Waals surface area contributed by atoms with Crippen molar-refractivity contribution < 1.29 is 0 Å². The Morgan fingerprint density at radius 1 is 0.882 bits per heavy atom. The number of benzene rings is 1. The molecule has 0 bridgehead atoms. The normalized spacial score (nSPS) is 16.2. The first-order valence-electron chi connectivity index (χ1n) is 6.45. The first kappa shape index (κ1) is 10.5. The van der Waals surface area contributed by atoms with Crippen LogP contribution in [-0.2, 0) is 0 Å². The van der Waals surface area contributed by atoms with E-state index in [2.05, 4.69) is 35.3 Å². The van der Waals surface area contributed by atoms with E-state index in [1.54, 1.807) is 0 Å². The van der Waals surface area contributed by atoms with Crippen LogP contribution in [0.5, 0.6) is 0 Å². The van der Waals surface area contributed by atoms with Gasteiger partial charge in [-0.05, 0) is 36.5 Å². The molecule has 1 aromatic heterocycles. The van der Waals surface area contributed by atoms with Gasteiger partial charge in [-0.15, -0.1) is 0 Å². The Labute approximate surface area is 103 Å². The monoisotopic (exact) mass is 223 g/mol. The number of aromatic nitrogens is 1. The van der Waals surface area contributed by atoms with Gasteiger partial charge in [-0.3, -0.25) is 4.98 Å². The molecule has 0 aliphatic heterocycles. The smallest absolute Gasteiger partial charge is 0.0701 e. The third-order valence-electron chi connectivity index (χ3n) is 3.70. The molecule has 2 aromatic rings. The van der Waals surface area contributed by atoms with Gasteiger partial charge in [-0.1, -0.05) is 43.2 Å².